The van der Waals surface area contributed by atoms with Gasteiger partial charge in [-0.2, -0.15) is 0 Å². The first-order valence-electron chi connectivity index (χ1n) is 10.9. The zero-order valence-corrected chi connectivity index (χ0v) is 19.6. The maximum Gasteiger partial charge on any atom is 0.408 e. The third kappa shape index (κ3) is 6.85. The van der Waals surface area contributed by atoms with Crippen LogP contribution in [0.15, 0.2) is 18.2 Å². The van der Waals surface area contributed by atoms with Gasteiger partial charge in [-0.3, -0.25) is 9.59 Å². The molecule has 9 heteroatoms. The zero-order chi connectivity index (χ0) is 24.2. The van der Waals surface area contributed by atoms with Crippen LogP contribution in [0.25, 0.3) is 0 Å². The molecule has 32 heavy (non-hydrogen) atoms. The largest absolute Gasteiger partial charge is 0.508 e. The number of ether oxygens (including phenoxy) is 1. The molecule has 1 fully saturated rings. The molecule has 1 aromatic carbocycles. The van der Waals surface area contributed by atoms with E-state index in [1.165, 1.54) is 11.0 Å². The van der Waals surface area contributed by atoms with Crippen LogP contribution < -0.4 is 10.6 Å². The van der Waals surface area contributed by atoms with Gasteiger partial charge in [0, 0.05) is 12.1 Å². The van der Waals surface area contributed by atoms with Crippen LogP contribution in [0.5, 0.6) is 5.75 Å². The Morgan fingerprint density at radius 2 is 1.81 bits per heavy atom. The number of hydrogen-bond acceptors (Lipinski definition) is 6. The molecule has 9 nitrogen and oxygen atoms in total. The molecule has 0 spiro atoms. The smallest absolute Gasteiger partial charge is 0.408 e. The van der Waals surface area contributed by atoms with Gasteiger partial charge in [-0.1, -0.05) is 6.07 Å². The van der Waals surface area contributed by atoms with E-state index in [1.807, 2.05) is 13.8 Å². The fraction of sp³-hybridized carbons (Fsp3) is 0.609. The highest BCUT2D eigenvalue weighted by Gasteiger charge is 2.44. The summed E-state index contributed by atoms with van der Waals surface area (Å²) in [6.45, 7) is 9.78. The minimum Gasteiger partial charge on any atom is -0.508 e. The van der Waals surface area contributed by atoms with Crippen molar-refractivity contribution in [1.29, 1.82) is 0 Å². The van der Waals surface area contributed by atoms with E-state index in [2.05, 4.69) is 10.6 Å². The average Bonchev–Trinajstić information content (AvgIpc) is 3.48. The molecule has 178 valence electrons. The van der Waals surface area contributed by atoms with Crippen molar-refractivity contribution in [3.8, 4) is 5.75 Å². The van der Waals surface area contributed by atoms with Gasteiger partial charge in [0.25, 0.3) is 0 Å². The molecule has 1 aliphatic rings. The molecule has 4 N–H and O–H groups in total. The van der Waals surface area contributed by atoms with Gasteiger partial charge in [0.2, 0.25) is 11.8 Å². The quantitative estimate of drug-likeness (QED) is 0.481. The Morgan fingerprint density at radius 1 is 1.19 bits per heavy atom. The van der Waals surface area contributed by atoms with Crippen molar-refractivity contribution < 1.29 is 29.3 Å². The number of phenolic OH excluding ortho intramolecular Hbond substituents is 1. The molecule has 2 unspecified atom stereocenters. The van der Waals surface area contributed by atoms with Crippen molar-refractivity contribution in [3.63, 3.8) is 0 Å². The summed E-state index contributed by atoms with van der Waals surface area (Å²) in [5.41, 5.74) is 0.332. The topological polar surface area (TPSA) is 128 Å². The molecular weight excluding hydrogens is 414 g/mol. The van der Waals surface area contributed by atoms with Crippen LogP contribution in [0.4, 0.5) is 4.79 Å². The van der Waals surface area contributed by atoms with E-state index in [0.717, 1.165) is 0 Å². The number of hydrogen-bond donors (Lipinski definition) is 4. The predicted octanol–water partition coefficient (Wildman–Crippen LogP) is 2.14. The molecule has 1 aromatic rings. The Balaban J connectivity index is 2.40. The number of nitrogens with one attached hydrogen (secondary N) is 2. The molecule has 0 aromatic heterocycles. The summed E-state index contributed by atoms with van der Waals surface area (Å²) < 4.78 is 5.21. The predicted molar refractivity (Wildman–Crippen MR) is 119 cm³/mol. The number of phenols is 1. The summed E-state index contributed by atoms with van der Waals surface area (Å²) in [6.07, 6.45) is 0.585. The summed E-state index contributed by atoms with van der Waals surface area (Å²) in [4.78, 5) is 40.3. The van der Waals surface area contributed by atoms with Gasteiger partial charge >= 0.3 is 6.09 Å². The second kappa shape index (κ2) is 10.2. The van der Waals surface area contributed by atoms with Gasteiger partial charge in [0.1, 0.15) is 23.4 Å². The molecule has 2 atom stereocenters. The van der Waals surface area contributed by atoms with Gasteiger partial charge in [0.05, 0.1) is 6.61 Å². The highest BCUT2D eigenvalue weighted by Crippen LogP contribution is 2.36. The van der Waals surface area contributed by atoms with E-state index in [-0.39, 0.29) is 23.7 Å². The highest BCUT2D eigenvalue weighted by atomic mass is 16.6. The van der Waals surface area contributed by atoms with E-state index < -0.39 is 36.3 Å². The molecule has 1 aliphatic carbocycles. The second-order valence-corrected chi connectivity index (χ2v) is 9.47. The summed E-state index contributed by atoms with van der Waals surface area (Å²) >= 11 is 0. The van der Waals surface area contributed by atoms with E-state index in [0.29, 0.717) is 24.0 Å². The zero-order valence-electron chi connectivity index (χ0n) is 19.6. The van der Waals surface area contributed by atoms with Gasteiger partial charge < -0.3 is 30.5 Å². The minimum absolute atomic E-state index is 0.0842. The third-order valence-corrected chi connectivity index (χ3v) is 4.86. The summed E-state index contributed by atoms with van der Waals surface area (Å²) in [5.74, 6) is -0.865. The average molecular weight is 450 g/mol. The number of aliphatic hydroxyl groups is 1. The van der Waals surface area contributed by atoms with E-state index in [1.54, 1.807) is 39.8 Å². The first-order valence-corrected chi connectivity index (χ1v) is 10.9. The molecule has 0 aliphatic heterocycles. The number of rotatable bonds is 8. The number of amides is 3. The number of aromatic hydroxyl groups is 1. The van der Waals surface area contributed by atoms with E-state index in [4.69, 9.17) is 4.74 Å². The van der Waals surface area contributed by atoms with E-state index in [9.17, 15) is 24.6 Å². The minimum atomic E-state index is -1.27. The lowest BCUT2D eigenvalue weighted by Crippen LogP contribution is -2.55. The van der Waals surface area contributed by atoms with Crippen LogP contribution in [0, 0.1) is 6.92 Å². The van der Waals surface area contributed by atoms with Crippen LogP contribution in [0.1, 0.15) is 64.6 Å². The molecule has 2 rings (SSSR count). The number of benzene rings is 1. The van der Waals surface area contributed by atoms with Gasteiger partial charge in [0.15, 0.2) is 0 Å². The van der Waals surface area contributed by atoms with Gasteiger partial charge in [-0.15, -0.1) is 0 Å². The monoisotopic (exact) mass is 449 g/mol. The fourth-order valence-electron chi connectivity index (χ4n) is 3.34. The summed E-state index contributed by atoms with van der Waals surface area (Å²) in [5, 5.41) is 25.1. The van der Waals surface area contributed by atoms with Crippen molar-refractivity contribution >= 4 is 17.9 Å². The number of aryl methyl sites for hydroxylation is 1. The summed E-state index contributed by atoms with van der Waals surface area (Å²) in [7, 11) is 0. The molecule has 1 saturated carbocycles. The van der Waals surface area contributed by atoms with Gasteiger partial charge in [-0.25, -0.2) is 4.79 Å². The van der Waals surface area contributed by atoms with Crippen LogP contribution in [-0.4, -0.2) is 63.4 Å². The van der Waals surface area contributed by atoms with Crippen molar-refractivity contribution in [2.24, 2.45) is 0 Å². The van der Waals surface area contributed by atoms with Crippen molar-refractivity contribution in [1.82, 2.24) is 15.5 Å². The second-order valence-electron chi connectivity index (χ2n) is 9.47. The van der Waals surface area contributed by atoms with Crippen molar-refractivity contribution in [2.75, 3.05) is 6.61 Å². The van der Waals surface area contributed by atoms with Crippen LogP contribution in [0.3, 0.4) is 0 Å². The van der Waals surface area contributed by atoms with Crippen LogP contribution in [-0.2, 0) is 14.3 Å². The Hall–Kier alpha value is -2.81. The van der Waals surface area contributed by atoms with Crippen molar-refractivity contribution in [2.45, 2.75) is 84.2 Å². The Labute approximate surface area is 189 Å². The number of aliphatic hydroxyl groups excluding tert-OH is 1. The molecule has 0 bridgehead atoms. The lowest BCUT2D eigenvalue weighted by Gasteiger charge is -2.34. The first kappa shape index (κ1) is 25.5. The Morgan fingerprint density at radius 3 is 2.28 bits per heavy atom. The van der Waals surface area contributed by atoms with Crippen LogP contribution >= 0.6 is 0 Å². The normalized spacial score (nSPS) is 15.6. The third-order valence-electron chi connectivity index (χ3n) is 4.86. The number of alkyl carbamates (subject to hydrolysis) is 1. The van der Waals surface area contributed by atoms with Crippen LogP contribution in [0.2, 0.25) is 0 Å². The molecule has 3 amide bonds. The number of carbonyl (C=O) groups is 3. The Bertz CT molecular complexity index is 845. The maximum atomic E-state index is 13.5. The SMILES string of the molecule is Cc1cc(C(C(=O)NC(C)C)N(C(=O)C(CO)NC(=O)OC(C)(C)C)C2CC2)ccc1O. The van der Waals surface area contributed by atoms with Gasteiger partial charge in [-0.05, 0) is 77.6 Å². The molecule has 0 radical (unpaired) electrons. The lowest BCUT2D eigenvalue weighted by molar-refractivity contribution is -0.144. The standard InChI is InChI=1S/C23H35N3O6/c1-13(2)24-20(29)19(15-7-10-18(28)14(3)11-15)26(16-8-9-16)21(30)17(12-27)25-22(31)32-23(4,5)6/h7,10-11,13,16-17,19,27-28H,8-9,12H2,1-6H3,(H,24,29)(H,25,31). The number of nitrogens with zero attached hydrogens (tertiary/aromatic N) is 1. The summed E-state index contributed by atoms with van der Waals surface area (Å²) in [6, 6.07) is 2.15. The van der Waals surface area contributed by atoms with E-state index >= 15 is 0 Å². The molecular formula is C23H35N3O6. The van der Waals surface area contributed by atoms with Crippen molar-refractivity contribution in [3.05, 3.63) is 29.3 Å². The molecule has 0 heterocycles. The fourth-order valence-corrected chi connectivity index (χ4v) is 3.34. The Kier molecular flexibility index (Phi) is 8.12. The highest BCUT2D eigenvalue weighted by molar-refractivity contribution is 5.92. The first-order chi connectivity index (χ1) is 14.8. The molecule has 0 saturated heterocycles. The maximum absolute atomic E-state index is 13.5. The lowest BCUT2D eigenvalue weighted by atomic mass is 10.00. The number of carbonyl (C=O) groups excluding carboxylic acids is 3.